The number of benzene rings is 3. The Morgan fingerprint density at radius 3 is 2.72 bits per heavy atom. The maximum Gasteiger partial charge on any atom is 0.0782 e. The highest BCUT2D eigenvalue weighted by molar-refractivity contribution is 7.25. The second-order valence-corrected chi connectivity index (χ2v) is 17.6. The summed E-state index contributed by atoms with van der Waals surface area (Å²) >= 11 is 1.87. The van der Waals surface area contributed by atoms with Crippen LogP contribution in [0.3, 0.4) is 0 Å². The second kappa shape index (κ2) is 15.7. The Labute approximate surface area is 363 Å². The van der Waals surface area contributed by atoms with Gasteiger partial charge in [0.15, 0.2) is 0 Å². The molecule has 5 aromatic rings. The summed E-state index contributed by atoms with van der Waals surface area (Å²) in [6, 6.07) is 27.2. The molecule has 61 heavy (non-hydrogen) atoms. The van der Waals surface area contributed by atoms with Crippen LogP contribution in [0.5, 0.6) is 0 Å². The van der Waals surface area contributed by atoms with Crippen molar-refractivity contribution in [2.45, 2.75) is 51.0 Å². The summed E-state index contributed by atoms with van der Waals surface area (Å²) in [5.74, 6) is 0.442. The standard InChI is InChI=1S/C56H48N4S/c1-5-15-47(51-19-12-14-29-59-51)46(6-2)42-26-27-56-37-55(56,34-42)50-32-40(39(4)16-9-7-10-17-44-18-11-8-13-28-58-44)20-23-52(50)60(56)45-22-25-54-49(33-45)48-31-41(21-24-53(48)61-54)43-30-38(3)35-57-36-43/h6-7,9-16,18-34,36,38H,4-5,17,35,37H2,1-3H3/b10-7-,16-9-,46-6-,47-15+. The molecule has 2 aromatic heterocycles. The molecular weight excluding hydrogens is 761 g/mol. The summed E-state index contributed by atoms with van der Waals surface area (Å²) in [7, 11) is 0. The number of nitrogens with zero attached hydrogens (tertiary/aromatic N) is 4. The number of dihydropyridines is 1. The van der Waals surface area contributed by atoms with Gasteiger partial charge in [0.25, 0.3) is 0 Å². The molecule has 2 aliphatic carbocycles. The molecule has 4 nitrogen and oxygen atoms in total. The van der Waals surface area contributed by atoms with Crippen molar-refractivity contribution < 1.29 is 0 Å². The van der Waals surface area contributed by atoms with Crippen LogP contribution < -0.4 is 4.90 Å². The first-order valence-corrected chi connectivity index (χ1v) is 22.2. The van der Waals surface area contributed by atoms with Gasteiger partial charge in [0, 0.05) is 79.8 Å². The minimum atomic E-state index is -0.222. The highest BCUT2D eigenvalue weighted by Gasteiger charge is 2.75. The molecule has 1 saturated carbocycles. The smallest absolute Gasteiger partial charge is 0.0782 e. The van der Waals surface area contributed by atoms with Crippen LogP contribution in [-0.2, 0) is 5.41 Å². The molecule has 0 N–H and O–H groups in total. The van der Waals surface area contributed by atoms with E-state index < -0.39 is 0 Å². The predicted octanol–water partition coefficient (Wildman–Crippen LogP) is 14.2. The lowest BCUT2D eigenvalue weighted by atomic mass is 9.82. The van der Waals surface area contributed by atoms with Crippen LogP contribution in [0.1, 0.15) is 62.4 Å². The van der Waals surface area contributed by atoms with Crippen molar-refractivity contribution in [2.75, 3.05) is 11.4 Å². The van der Waals surface area contributed by atoms with Gasteiger partial charge in [-0.3, -0.25) is 15.0 Å². The zero-order chi connectivity index (χ0) is 41.6. The van der Waals surface area contributed by atoms with Gasteiger partial charge in [-0.05, 0) is 137 Å². The van der Waals surface area contributed by atoms with E-state index in [1.807, 2.05) is 48.0 Å². The third kappa shape index (κ3) is 6.75. The van der Waals surface area contributed by atoms with E-state index in [9.17, 15) is 0 Å². The van der Waals surface area contributed by atoms with Gasteiger partial charge in [-0.25, -0.2) is 0 Å². The van der Waals surface area contributed by atoms with Gasteiger partial charge in [0.2, 0.25) is 0 Å². The van der Waals surface area contributed by atoms with Crippen molar-refractivity contribution in [2.24, 2.45) is 15.9 Å². The Kier molecular flexibility index (Phi) is 9.95. The molecular formula is C56H48N4S. The number of thiophene rings is 1. The highest BCUT2D eigenvalue weighted by Crippen LogP contribution is 2.74. The van der Waals surface area contributed by atoms with E-state index in [-0.39, 0.29) is 11.0 Å². The lowest BCUT2D eigenvalue weighted by Crippen LogP contribution is -2.33. The average molecular weight is 809 g/mol. The molecule has 298 valence electrons. The van der Waals surface area contributed by atoms with E-state index in [4.69, 9.17) is 4.98 Å². The summed E-state index contributed by atoms with van der Waals surface area (Å²) in [6.07, 6.45) is 36.9. The summed E-state index contributed by atoms with van der Waals surface area (Å²) in [6.45, 7) is 12.0. The number of pyridine rings is 1. The van der Waals surface area contributed by atoms with Crippen molar-refractivity contribution in [3.05, 3.63) is 210 Å². The number of anilines is 2. The van der Waals surface area contributed by atoms with Crippen molar-refractivity contribution in [1.82, 2.24) is 4.98 Å². The van der Waals surface area contributed by atoms with Crippen LogP contribution in [0.4, 0.5) is 11.4 Å². The number of rotatable bonds is 11. The number of aromatic nitrogens is 1. The predicted molar refractivity (Wildman–Crippen MR) is 262 cm³/mol. The molecule has 3 atom stereocenters. The van der Waals surface area contributed by atoms with Gasteiger partial charge in [0.1, 0.15) is 0 Å². The molecule has 3 aliphatic heterocycles. The Bertz CT molecular complexity index is 3020. The first-order valence-electron chi connectivity index (χ1n) is 21.4. The molecule has 1 fully saturated rings. The molecule has 3 aromatic carbocycles. The van der Waals surface area contributed by atoms with Gasteiger partial charge in [-0.2, -0.15) is 0 Å². The number of allylic oxidation sites excluding steroid dienone is 14. The molecule has 0 spiro atoms. The lowest BCUT2D eigenvalue weighted by molar-refractivity contribution is 0.736. The van der Waals surface area contributed by atoms with Gasteiger partial charge in [-0.1, -0.05) is 99.4 Å². The van der Waals surface area contributed by atoms with Crippen molar-refractivity contribution in [3.8, 4) is 0 Å². The van der Waals surface area contributed by atoms with Gasteiger partial charge >= 0.3 is 0 Å². The average Bonchev–Trinajstić information content (AvgIpc) is 3.86. The minimum absolute atomic E-state index is 0.208. The number of hydrogen-bond donors (Lipinski definition) is 0. The fraction of sp³-hybridized carbons (Fsp3) is 0.179. The zero-order valence-electron chi connectivity index (χ0n) is 35.0. The number of fused-ring (bicyclic) bond motifs is 4. The van der Waals surface area contributed by atoms with Gasteiger partial charge < -0.3 is 4.90 Å². The monoisotopic (exact) mass is 808 g/mol. The lowest BCUT2D eigenvalue weighted by Gasteiger charge is -2.31. The molecule has 5 heteroatoms. The van der Waals surface area contributed by atoms with E-state index in [1.54, 1.807) is 6.21 Å². The van der Waals surface area contributed by atoms with Gasteiger partial charge in [-0.15, -0.1) is 17.1 Å². The first kappa shape index (κ1) is 38.5. The summed E-state index contributed by atoms with van der Waals surface area (Å²) in [5, 5.41) is 2.60. The van der Waals surface area contributed by atoms with Crippen LogP contribution in [0.15, 0.2) is 197 Å². The molecule has 0 radical (unpaired) electrons. The van der Waals surface area contributed by atoms with Gasteiger partial charge in [0.05, 0.1) is 11.2 Å². The van der Waals surface area contributed by atoms with Crippen LogP contribution in [0.2, 0.25) is 0 Å². The molecule has 5 heterocycles. The van der Waals surface area contributed by atoms with E-state index in [2.05, 4.69) is 175 Å². The van der Waals surface area contributed by atoms with Crippen LogP contribution in [0.25, 0.3) is 36.9 Å². The van der Waals surface area contributed by atoms with E-state index in [0.29, 0.717) is 5.92 Å². The van der Waals surface area contributed by atoms with Crippen molar-refractivity contribution >= 4 is 72.0 Å². The Balaban J connectivity index is 1.05. The van der Waals surface area contributed by atoms with E-state index in [0.717, 1.165) is 48.3 Å². The second-order valence-electron chi connectivity index (χ2n) is 16.6. The topological polar surface area (TPSA) is 40.9 Å². The maximum absolute atomic E-state index is 4.80. The molecule has 0 saturated heterocycles. The Morgan fingerprint density at radius 2 is 1.89 bits per heavy atom. The molecule has 3 unspecified atom stereocenters. The van der Waals surface area contributed by atoms with Crippen molar-refractivity contribution in [1.29, 1.82) is 0 Å². The highest BCUT2D eigenvalue weighted by atomic mass is 32.1. The van der Waals surface area contributed by atoms with Crippen molar-refractivity contribution in [3.63, 3.8) is 0 Å². The minimum Gasteiger partial charge on any atom is -0.330 e. The fourth-order valence-electron chi connectivity index (χ4n) is 9.71. The third-order valence-electron chi connectivity index (χ3n) is 12.7. The Hall–Kier alpha value is -6.65. The van der Waals surface area contributed by atoms with Crippen LogP contribution in [-0.4, -0.2) is 29.5 Å². The SMILES string of the molecule is C=C(/C=C\C=C/CC1=CC=C=CC=N1)c1ccc2c(c1)C13C=C(C(=C/C)/C(=C\CC)c4ccccn4)C=CC1(C3)N2c1ccc2sc3ccc(C4=CC(C)CN=C4)cc3c2c1. The molecule has 0 amide bonds. The van der Waals surface area contributed by atoms with Crippen LogP contribution in [0, 0.1) is 5.92 Å². The molecule has 5 aliphatic rings. The van der Waals surface area contributed by atoms with E-state index >= 15 is 0 Å². The largest absolute Gasteiger partial charge is 0.330 e. The van der Waals surface area contributed by atoms with E-state index in [1.165, 1.54) is 65.0 Å². The first-order chi connectivity index (χ1) is 29.9. The fourth-order valence-corrected chi connectivity index (χ4v) is 10.8. The molecule has 10 rings (SSSR count). The zero-order valence-corrected chi connectivity index (χ0v) is 35.8. The maximum atomic E-state index is 4.80. The third-order valence-corrected chi connectivity index (χ3v) is 13.8. The summed E-state index contributed by atoms with van der Waals surface area (Å²) in [4.78, 5) is 16.6. The molecule has 0 bridgehead atoms. The summed E-state index contributed by atoms with van der Waals surface area (Å²) in [5.41, 5.74) is 16.6. The quantitative estimate of drug-likeness (QED) is 0.0985. The normalized spacial score (nSPS) is 22.8. The number of aliphatic imine (C=N–C) groups is 2. The van der Waals surface area contributed by atoms with Crippen LogP contribution >= 0.6 is 11.3 Å². The summed E-state index contributed by atoms with van der Waals surface area (Å²) < 4.78 is 2.61. The number of hydrogen-bond acceptors (Lipinski definition) is 5. The Morgan fingerprint density at radius 1 is 1.00 bits per heavy atom.